The molecule has 0 spiro atoms. The first-order valence-corrected chi connectivity index (χ1v) is 12.0. The molecular formula is C22H22N4O2S2. The van der Waals surface area contributed by atoms with Crippen LogP contribution in [0.3, 0.4) is 0 Å². The fourth-order valence-corrected chi connectivity index (χ4v) is 5.64. The predicted octanol–water partition coefficient (Wildman–Crippen LogP) is 4.45. The van der Waals surface area contributed by atoms with Crippen molar-refractivity contribution in [2.75, 3.05) is 16.8 Å². The molecule has 2 amide bonds. The highest BCUT2D eigenvalue weighted by atomic mass is 32.1. The number of anilines is 2. The average Bonchev–Trinajstić information content (AvgIpc) is 3.49. The Balaban J connectivity index is 1.23. The van der Waals surface area contributed by atoms with Crippen molar-refractivity contribution < 1.29 is 9.59 Å². The van der Waals surface area contributed by atoms with Crippen LogP contribution in [0.4, 0.5) is 10.3 Å². The number of hydrogen-bond acceptors (Lipinski definition) is 6. The van der Waals surface area contributed by atoms with E-state index in [1.165, 1.54) is 46.6 Å². The summed E-state index contributed by atoms with van der Waals surface area (Å²) in [6, 6.07) is 6.58. The van der Waals surface area contributed by atoms with E-state index >= 15 is 0 Å². The predicted molar refractivity (Wildman–Crippen MR) is 120 cm³/mol. The number of rotatable bonds is 5. The van der Waals surface area contributed by atoms with Crippen molar-refractivity contribution in [3.05, 3.63) is 45.8 Å². The molecule has 6 nitrogen and oxygen atoms in total. The Morgan fingerprint density at radius 1 is 1.03 bits per heavy atom. The van der Waals surface area contributed by atoms with E-state index in [0.29, 0.717) is 28.9 Å². The lowest BCUT2D eigenvalue weighted by atomic mass is 9.90. The highest BCUT2D eigenvalue weighted by Crippen LogP contribution is 2.30. The summed E-state index contributed by atoms with van der Waals surface area (Å²) in [5.74, 6) is -0.0382. The van der Waals surface area contributed by atoms with Gasteiger partial charge in [0.25, 0.3) is 0 Å². The third kappa shape index (κ3) is 4.02. The van der Waals surface area contributed by atoms with Crippen molar-refractivity contribution in [2.45, 2.75) is 44.9 Å². The number of nitrogens with one attached hydrogen (secondary N) is 1. The highest BCUT2D eigenvalue weighted by Gasteiger charge is 2.24. The van der Waals surface area contributed by atoms with Crippen molar-refractivity contribution in [3.63, 3.8) is 0 Å². The SMILES string of the molecule is O=C(Cc1csc(N2CCCC2=O)n1)Nc1nc(-c2ccc3c(c2)CCCC3)cs1. The third-order valence-electron chi connectivity index (χ3n) is 5.58. The third-order valence-corrected chi connectivity index (χ3v) is 7.25. The molecule has 0 atom stereocenters. The summed E-state index contributed by atoms with van der Waals surface area (Å²) in [6.07, 6.45) is 6.43. The Morgan fingerprint density at radius 3 is 2.73 bits per heavy atom. The summed E-state index contributed by atoms with van der Waals surface area (Å²) in [6.45, 7) is 0.711. The van der Waals surface area contributed by atoms with Gasteiger partial charge in [-0.3, -0.25) is 14.5 Å². The van der Waals surface area contributed by atoms with Gasteiger partial charge in [-0.05, 0) is 49.3 Å². The van der Waals surface area contributed by atoms with Crippen molar-refractivity contribution in [1.29, 1.82) is 0 Å². The molecule has 0 bridgehead atoms. The van der Waals surface area contributed by atoms with Crippen molar-refractivity contribution in [3.8, 4) is 11.3 Å². The van der Waals surface area contributed by atoms with Crippen LogP contribution in [0.25, 0.3) is 11.3 Å². The topological polar surface area (TPSA) is 75.2 Å². The standard InChI is InChI=1S/C22H22N4O2S2/c27-19(11-17-12-30-22(23-17)26-9-3-6-20(26)28)25-21-24-18(13-29-21)16-8-7-14-4-1-2-5-15(14)10-16/h7-8,10,12-13H,1-6,9,11H2,(H,24,25,27). The molecule has 0 saturated carbocycles. The van der Waals surface area contributed by atoms with Crippen LogP contribution >= 0.6 is 22.7 Å². The molecule has 1 N–H and O–H groups in total. The van der Waals surface area contributed by atoms with Gasteiger partial charge in [0.1, 0.15) is 0 Å². The summed E-state index contributed by atoms with van der Waals surface area (Å²) in [4.78, 5) is 35.1. The molecule has 30 heavy (non-hydrogen) atoms. The number of aromatic nitrogens is 2. The van der Waals surface area contributed by atoms with Crippen molar-refractivity contribution in [1.82, 2.24) is 9.97 Å². The number of amides is 2. The molecule has 3 aromatic rings. The number of hydrogen-bond donors (Lipinski definition) is 1. The Kier molecular flexibility index (Phi) is 5.35. The van der Waals surface area contributed by atoms with Crippen LogP contribution in [-0.4, -0.2) is 28.3 Å². The number of aryl methyl sites for hydroxylation is 2. The number of fused-ring (bicyclic) bond motifs is 1. The molecule has 1 fully saturated rings. The lowest BCUT2D eigenvalue weighted by Gasteiger charge is -2.16. The van der Waals surface area contributed by atoms with E-state index in [9.17, 15) is 9.59 Å². The Labute approximate surface area is 183 Å². The smallest absolute Gasteiger partial charge is 0.232 e. The lowest BCUT2D eigenvalue weighted by Crippen LogP contribution is -2.23. The summed E-state index contributed by atoms with van der Waals surface area (Å²) in [7, 11) is 0. The van der Waals surface area contributed by atoms with Crippen LogP contribution in [0, 0.1) is 0 Å². The highest BCUT2D eigenvalue weighted by molar-refractivity contribution is 7.14. The maximum absolute atomic E-state index is 12.5. The van der Waals surface area contributed by atoms with E-state index < -0.39 is 0 Å². The van der Waals surface area contributed by atoms with Gasteiger partial charge in [-0.1, -0.05) is 12.1 Å². The molecular weight excluding hydrogens is 416 g/mol. The Bertz CT molecular complexity index is 1100. The van der Waals surface area contributed by atoms with Crippen molar-refractivity contribution >= 4 is 44.8 Å². The second-order valence-corrected chi connectivity index (χ2v) is 9.42. The Morgan fingerprint density at radius 2 is 1.90 bits per heavy atom. The van der Waals surface area contributed by atoms with Crippen LogP contribution < -0.4 is 10.2 Å². The first-order chi connectivity index (χ1) is 14.7. The molecule has 2 aliphatic rings. The van der Waals surface area contributed by atoms with E-state index in [1.54, 1.807) is 4.90 Å². The fraction of sp³-hybridized carbons (Fsp3) is 0.364. The molecule has 1 aliphatic carbocycles. The van der Waals surface area contributed by atoms with Gasteiger partial charge in [-0.15, -0.1) is 22.7 Å². The van der Waals surface area contributed by atoms with Gasteiger partial charge in [-0.25, -0.2) is 9.97 Å². The maximum Gasteiger partial charge on any atom is 0.232 e. The summed E-state index contributed by atoms with van der Waals surface area (Å²) < 4.78 is 0. The average molecular weight is 439 g/mol. The van der Waals surface area contributed by atoms with E-state index in [0.717, 1.165) is 30.5 Å². The normalized spacial score (nSPS) is 16.0. The zero-order valence-corrected chi connectivity index (χ0v) is 18.2. The Hall–Kier alpha value is -2.58. The minimum atomic E-state index is -0.147. The molecule has 1 aliphatic heterocycles. The summed E-state index contributed by atoms with van der Waals surface area (Å²) >= 11 is 2.85. The minimum absolute atomic E-state index is 0.109. The number of benzene rings is 1. The molecule has 1 aromatic carbocycles. The van der Waals surface area contributed by atoms with Crippen LogP contribution in [0.2, 0.25) is 0 Å². The molecule has 5 rings (SSSR count). The molecule has 3 heterocycles. The van der Waals surface area contributed by atoms with Crippen LogP contribution in [0.1, 0.15) is 42.5 Å². The van der Waals surface area contributed by atoms with Gasteiger partial charge in [0.05, 0.1) is 17.8 Å². The monoisotopic (exact) mass is 438 g/mol. The van der Waals surface area contributed by atoms with Crippen LogP contribution in [0.5, 0.6) is 0 Å². The first-order valence-electron chi connectivity index (χ1n) is 10.3. The van der Waals surface area contributed by atoms with Gasteiger partial charge in [-0.2, -0.15) is 0 Å². The van der Waals surface area contributed by atoms with Gasteiger partial charge in [0.15, 0.2) is 10.3 Å². The molecule has 1 saturated heterocycles. The first kappa shape index (κ1) is 19.4. The quantitative estimate of drug-likeness (QED) is 0.638. The minimum Gasteiger partial charge on any atom is -0.302 e. The number of thiazole rings is 2. The second-order valence-electron chi connectivity index (χ2n) is 7.72. The zero-order chi connectivity index (χ0) is 20.5. The van der Waals surface area contributed by atoms with Gasteiger partial charge >= 0.3 is 0 Å². The van der Waals surface area contributed by atoms with E-state index in [4.69, 9.17) is 0 Å². The number of nitrogens with zero attached hydrogens (tertiary/aromatic N) is 3. The second kappa shape index (κ2) is 8.28. The van der Waals surface area contributed by atoms with Crippen LogP contribution in [0.15, 0.2) is 29.0 Å². The molecule has 8 heteroatoms. The molecule has 154 valence electrons. The molecule has 0 unspecified atom stereocenters. The molecule has 0 radical (unpaired) electrons. The number of carbonyl (C=O) groups excluding carboxylic acids is 2. The fourth-order valence-electron chi connectivity index (χ4n) is 4.04. The van der Waals surface area contributed by atoms with Gasteiger partial charge in [0, 0.05) is 29.3 Å². The van der Waals surface area contributed by atoms with Gasteiger partial charge in [0.2, 0.25) is 11.8 Å². The van der Waals surface area contributed by atoms with E-state index in [1.807, 2.05) is 10.8 Å². The largest absolute Gasteiger partial charge is 0.302 e. The lowest BCUT2D eigenvalue weighted by molar-refractivity contribution is -0.117. The summed E-state index contributed by atoms with van der Waals surface area (Å²) in [5.41, 5.74) is 5.55. The maximum atomic E-state index is 12.5. The van der Waals surface area contributed by atoms with Crippen LogP contribution in [-0.2, 0) is 28.9 Å². The van der Waals surface area contributed by atoms with E-state index in [2.05, 4.69) is 33.5 Å². The van der Waals surface area contributed by atoms with Crippen molar-refractivity contribution in [2.24, 2.45) is 0 Å². The zero-order valence-electron chi connectivity index (χ0n) is 16.5. The van der Waals surface area contributed by atoms with Gasteiger partial charge < -0.3 is 5.32 Å². The molecule has 2 aromatic heterocycles. The number of carbonyl (C=O) groups is 2. The van der Waals surface area contributed by atoms with E-state index in [-0.39, 0.29) is 18.2 Å². The summed E-state index contributed by atoms with van der Waals surface area (Å²) in [5, 5.41) is 8.00.